The van der Waals surface area contributed by atoms with Crippen LogP contribution in [0.4, 0.5) is 11.4 Å². The second-order valence-corrected chi connectivity index (χ2v) is 4.19. The van der Waals surface area contributed by atoms with Crippen molar-refractivity contribution in [2.24, 2.45) is 0 Å². The lowest BCUT2D eigenvalue weighted by Gasteiger charge is -2.24. The van der Waals surface area contributed by atoms with Gasteiger partial charge in [0.1, 0.15) is 6.04 Å². The van der Waals surface area contributed by atoms with Crippen LogP contribution in [-0.2, 0) is 16.0 Å². The van der Waals surface area contributed by atoms with Gasteiger partial charge in [-0.25, -0.2) is 4.79 Å². The van der Waals surface area contributed by atoms with Gasteiger partial charge >= 0.3 is 5.97 Å². The summed E-state index contributed by atoms with van der Waals surface area (Å²) in [5, 5.41) is 11.7. The van der Waals surface area contributed by atoms with Crippen molar-refractivity contribution in [3.8, 4) is 0 Å². The van der Waals surface area contributed by atoms with Crippen LogP contribution in [0.2, 0.25) is 0 Å². The number of likely N-dealkylation sites (N-methyl/N-ethyl adjacent to an activating group) is 1. The first-order chi connectivity index (χ1) is 7.99. The van der Waals surface area contributed by atoms with Crippen molar-refractivity contribution in [2.75, 3.05) is 17.3 Å². The Balaban J connectivity index is 2.27. The minimum atomic E-state index is -0.873. The Hall–Kier alpha value is -2.04. The average molecular weight is 234 g/mol. The molecule has 5 nitrogen and oxygen atoms in total. The van der Waals surface area contributed by atoms with Crippen molar-refractivity contribution in [1.29, 1.82) is 0 Å². The van der Waals surface area contributed by atoms with Crippen LogP contribution < -0.4 is 10.2 Å². The summed E-state index contributed by atoms with van der Waals surface area (Å²) in [6.07, 6.45) is 0.360. The van der Waals surface area contributed by atoms with E-state index in [9.17, 15) is 9.59 Å². The molecule has 1 aliphatic rings. The number of aliphatic carboxylic acids is 1. The quantitative estimate of drug-likeness (QED) is 0.821. The number of rotatable bonds is 3. The first-order valence-corrected chi connectivity index (χ1v) is 5.37. The summed E-state index contributed by atoms with van der Waals surface area (Å²) in [5.74, 6) is -0.895. The van der Waals surface area contributed by atoms with E-state index in [1.54, 1.807) is 24.9 Å². The highest BCUT2D eigenvalue weighted by Gasteiger charge is 2.21. The van der Waals surface area contributed by atoms with Crippen molar-refractivity contribution in [2.45, 2.75) is 19.4 Å². The molecule has 0 saturated heterocycles. The SMILES string of the molecule is CC(C(=O)O)N(C)c1ccc2c(c1)CC(=O)N2. The molecule has 2 N–H and O–H groups in total. The summed E-state index contributed by atoms with van der Waals surface area (Å²) in [7, 11) is 1.73. The number of fused-ring (bicyclic) bond motifs is 1. The standard InChI is InChI=1S/C12H14N2O3/c1-7(12(16)17)14(2)9-3-4-10-8(5-9)6-11(15)13-10/h3-5,7H,6H2,1-2H3,(H,13,15)(H,16,17). The van der Waals surface area contributed by atoms with Crippen molar-refractivity contribution in [3.63, 3.8) is 0 Å². The first kappa shape index (κ1) is 11.4. The van der Waals surface area contributed by atoms with E-state index >= 15 is 0 Å². The maximum absolute atomic E-state index is 11.2. The van der Waals surface area contributed by atoms with Crippen LogP contribution in [0.3, 0.4) is 0 Å². The molecule has 0 aliphatic carbocycles. The Morgan fingerprint density at radius 3 is 2.88 bits per heavy atom. The fraction of sp³-hybridized carbons (Fsp3) is 0.333. The molecule has 1 atom stereocenters. The molecule has 1 aliphatic heterocycles. The van der Waals surface area contributed by atoms with Gasteiger partial charge < -0.3 is 15.3 Å². The Morgan fingerprint density at radius 2 is 2.24 bits per heavy atom. The lowest BCUT2D eigenvalue weighted by atomic mass is 10.1. The molecule has 0 spiro atoms. The van der Waals surface area contributed by atoms with Crippen molar-refractivity contribution in [1.82, 2.24) is 0 Å². The number of amides is 1. The van der Waals surface area contributed by atoms with Gasteiger partial charge in [0.15, 0.2) is 0 Å². The number of carboxylic acid groups (broad SMARTS) is 1. The van der Waals surface area contributed by atoms with E-state index in [0.717, 1.165) is 16.9 Å². The molecule has 0 radical (unpaired) electrons. The maximum atomic E-state index is 11.2. The number of carboxylic acids is 1. The van der Waals surface area contributed by atoms with Crippen LogP contribution in [0.25, 0.3) is 0 Å². The topological polar surface area (TPSA) is 69.6 Å². The van der Waals surface area contributed by atoms with Crippen LogP contribution in [0.15, 0.2) is 18.2 Å². The number of hydrogen-bond donors (Lipinski definition) is 2. The Morgan fingerprint density at radius 1 is 1.53 bits per heavy atom. The van der Waals surface area contributed by atoms with Crippen molar-refractivity contribution < 1.29 is 14.7 Å². The molecule has 1 aromatic carbocycles. The number of carbonyl (C=O) groups is 2. The van der Waals surface area contributed by atoms with Crippen molar-refractivity contribution in [3.05, 3.63) is 23.8 Å². The van der Waals surface area contributed by atoms with Crippen LogP contribution in [0, 0.1) is 0 Å². The number of nitrogens with zero attached hydrogens (tertiary/aromatic N) is 1. The van der Waals surface area contributed by atoms with Gasteiger partial charge in [-0.15, -0.1) is 0 Å². The van der Waals surface area contributed by atoms with E-state index in [0.29, 0.717) is 6.42 Å². The minimum absolute atomic E-state index is 0.0221. The van der Waals surface area contributed by atoms with Gasteiger partial charge in [-0.3, -0.25) is 4.79 Å². The number of hydrogen-bond acceptors (Lipinski definition) is 3. The van der Waals surface area contributed by atoms with E-state index in [2.05, 4.69) is 5.32 Å². The summed E-state index contributed by atoms with van der Waals surface area (Å²) in [6.45, 7) is 1.62. The molecule has 1 heterocycles. The van der Waals surface area contributed by atoms with E-state index < -0.39 is 12.0 Å². The molecule has 0 fully saturated rings. The van der Waals surface area contributed by atoms with Gasteiger partial charge in [0, 0.05) is 18.4 Å². The minimum Gasteiger partial charge on any atom is -0.480 e. The first-order valence-electron chi connectivity index (χ1n) is 5.37. The zero-order chi connectivity index (χ0) is 12.6. The second kappa shape index (κ2) is 4.08. The predicted octanol–water partition coefficient (Wildman–Crippen LogP) is 1.09. The highest BCUT2D eigenvalue weighted by molar-refractivity contribution is 5.99. The molecule has 90 valence electrons. The predicted molar refractivity (Wildman–Crippen MR) is 64.3 cm³/mol. The van der Waals surface area contributed by atoms with Crippen LogP contribution >= 0.6 is 0 Å². The largest absolute Gasteiger partial charge is 0.480 e. The van der Waals surface area contributed by atoms with Gasteiger partial charge in [0.05, 0.1) is 6.42 Å². The fourth-order valence-corrected chi connectivity index (χ4v) is 1.82. The van der Waals surface area contributed by atoms with E-state index in [4.69, 9.17) is 5.11 Å². The monoisotopic (exact) mass is 234 g/mol. The summed E-state index contributed by atoms with van der Waals surface area (Å²) in [5.41, 5.74) is 2.53. The molecular formula is C12H14N2O3. The summed E-state index contributed by atoms with van der Waals surface area (Å²) in [4.78, 5) is 23.8. The Labute approximate surface area is 99.0 Å². The van der Waals surface area contributed by atoms with Gasteiger partial charge in [-0.05, 0) is 30.7 Å². The molecular weight excluding hydrogens is 220 g/mol. The molecule has 5 heteroatoms. The molecule has 1 amide bonds. The van der Waals surface area contributed by atoms with Crippen LogP contribution in [0.1, 0.15) is 12.5 Å². The fourth-order valence-electron chi connectivity index (χ4n) is 1.82. The smallest absolute Gasteiger partial charge is 0.326 e. The molecule has 2 rings (SSSR count). The molecule has 17 heavy (non-hydrogen) atoms. The second-order valence-electron chi connectivity index (χ2n) is 4.19. The third kappa shape index (κ3) is 2.08. The molecule has 0 bridgehead atoms. The summed E-state index contributed by atoms with van der Waals surface area (Å²) in [6, 6.07) is 4.87. The van der Waals surface area contributed by atoms with E-state index in [-0.39, 0.29) is 5.91 Å². The maximum Gasteiger partial charge on any atom is 0.326 e. The zero-order valence-corrected chi connectivity index (χ0v) is 9.73. The normalized spacial score (nSPS) is 15.1. The molecule has 1 unspecified atom stereocenters. The molecule has 0 saturated carbocycles. The van der Waals surface area contributed by atoms with Crippen LogP contribution in [0.5, 0.6) is 0 Å². The van der Waals surface area contributed by atoms with Crippen LogP contribution in [-0.4, -0.2) is 30.1 Å². The number of anilines is 2. The Kier molecular flexibility index (Phi) is 2.75. The third-order valence-electron chi connectivity index (χ3n) is 3.06. The number of carbonyl (C=O) groups excluding carboxylic acids is 1. The number of nitrogens with one attached hydrogen (secondary N) is 1. The van der Waals surface area contributed by atoms with Gasteiger partial charge in [-0.1, -0.05) is 0 Å². The third-order valence-corrected chi connectivity index (χ3v) is 3.06. The highest BCUT2D eigenvalue weighted by atomic mass is 16.4. The zero-order valence-electron chi connectivity index (χ0n) is 9.73. The van der Waals surface area contributed by atoms with Gasteiger partial charge in [0.25, 0.3) is 0 Å². The summed E-state index contributed by atoms with van der Waals surface area (Å²) >= 11 is 0. The highest BCUT2D eigenvalue weighted by Crippen LogP contribution is 2.28. The Bertz CT molecular complexity index is 485. The van der Waals surface area contributed by atoms with E-state index in [1.807, 2.05) is 12.1 Å². The number of benzene rings is 1. The van der Waals surface area contributed by atoms with Gasteiger partial charge in [-0.2, -0.15) is 0 Å². The van der Waals surface area contributed by atoms with Gasteiger partial charge in [0.2, 0.25) is 5.91 Å². The lowest BCUT2D eigenvalue weighted by Crippen LogP contribution is -2.35. The van der Waals surface area contributed by atoms with E-state index in [1.165, 1.54) is 0 Å². The average Bonchev–Trinajstić information content (AvgIpc) is 2.65. The summed E-state index contributed by atoms with van der Waals surface area (Å²) < 4.78 is 0. The molecule has 0 aromatic heterocycles. The van der Waals surface area contributed by atoms with Crippen molar-refractivity contribution >= 4 is 23.3 Å². The molecule has 1 aromatic rings. The lowest BCUT2D eigenvalue weighted by molar-refractivity contribution is -0.138.